The first-order valence-corrected chi connectivity index (χ1v) is 6.70. The van der Waals surface area contributed by atoms with Crippen LogP contribution in [0.3, 0.4) is 0 Å². The van der Waals surface area contributed by atoms with E-state index >= 15 is 0 Å². The summed E-state index contributed by atoms with van der Waals surface area (Å²) in [6.45, 7) is 2.19. The van der Waals surface area contributed by atoms with Crippen LogP contribution in [-0.2, 0) is 4.79 Å². The Labute approximate surface area is 112 Å². The van der Waals surface area contributed by atoms with E-state index in [-0.39, 0.29) is 17.5 Å². The van der Waals surface area contributed by atoms with E-state index < -0.39 is 0 Å². The standard InChI is InChI=1S/C15H16N2O2/c1-9-6-13(9)14-5-4-12(19-14)7-10(8-16)15(18)17-11-2-3-11/h4-5,7,9,11,13H,2-3,6H2,1H3,(H,17,18)/b10-7+/t9-,13+/m0/s1. The van der Waals surface area contributed by atoms with Gasteiger partial charge < -0.3 is 9.73 Å². The number of nitrogens with zero attached hydrogens (tertiary/aromatic N) is 1. The van der Waals surface area contributed by atoms with Crippen LogP contribution in [0.4, 0.5) is 0 Å². The van der Waals surface area contributed by atoms with Gasteiger partial charge in [0.05, 0.1) is 0 Å². The third-order valence-electron chi connectivity index (χ3n) is 3.69. The van der Waals surface area contributed by atoms with E-state index in [9.17, 15) is 4.79 Å². The lowest BCUT2D eigenvalue weighted by Crippen LogP contribution is -2.26. The molecule has 2 atom stereocenters. The third-order valence-corrected chi connectivity index (χ3v) is 3.69. The number of amides is 1. The minimum Gasteiger partial charge on any atom is -0.461 e. The molecule has 0 saturated heterocycles. The van der Waals surface area contributed by atoms with Gasteiger partial charge in [-0.1, -0.05) is 6.92 Å². The second-order valence-corrected chi connectivity index (χ2v) is 5.48. The molecule has 2 fully saturated rings. The van der Waals surface area contributed by atoms with Gasteiger partial charge in [0, 0.05) is 18.0 Å². The van der Waals surface area contributed by atoms with Gasteiger partial charge in [-0.3, -0.25) is 4.79 Å². The quantitative estimate of drug-likeness (QED) is 0.665. The van der Waals surface area contributed by atoms with Crippen molar-refractivity contribution in [3.8, 4) is 6.07 Å². The predicted octanol–water partition coefficient (Wildman–Crippen LogP) is 2.59. The van der Waals surface area contributed by atoms with Crippen molar-refractivity contribution in [2.24, 2.45) is 5.92 Å². The predicted molar refractivity (Wildman–Crippen MR) is 70.0 cm³/mol. The van der Waals surface area contributed by atoms with Crippen LogP contribution in [0, 0.1) is 17.2 Å². The molecule has 2 aliphatic carbocycles. The van der Waals surface area contributed by atoms with E-state index in [1.54, 1.807) is 0 Å². The van der Waals surface area contributed by atoms with Crippen molar-refractivity contribution in [1.82, 2.24) is 5.32 Å². The molecule has 1 aromatic rings. The Kier molecular flexibility index (Phi) is 2.90. The monoisotopic (exact) mass is 256 g/mol. The fraction of sp³-hybridized carbons (Fsp3) is 0.467. The van der Waals surface area contributed by atoms with E-state index in [1.807, 2.05) is 18.2 Å². The Balaban J connectivity index is 1.72. The van der Waals surface area contributed by atoms with Crippen LogP contribution < -0.4 is 5.32 Å². The number of nitriles is 1. The Hall–Kier alpha value is -2.02. The molecule has 1 N–H and O–H groups in total. The molecule has 98 valence electrons. The zero-order valence-corrected chi connectivity index (χ0v) is 10.8. The molecule has 1 aromatic heterocycles. The van der Waals surface area contributed by atoms with Gasteiger partial charge in [-0.25, -0.2) is 0 Å². The van der Waals surface area contributed by atoms with Crippen LogP contribution in [0.1, 0.15) is 43.6 Å². The average molecular weight is 256 g/mol. The molecule has 0 unspecified atom stereocenters. The SMILES string of the molecule is C[C@H]1C[C@H]1c1ccc(/C=C(\C#N)C(=O)NC2CC2)o1. The molecule has 2 aliphatic rings. The van der Waals surface area contributed by atoms with Crippen LogP contribution >= 0.6 is 0 Å². The molecule has 1 heterocycles. The summed E-state index contributed by atoms with van der Waals surface area (Å²) in [6.07, 6.45) is 4.70. The molecule has 1 amide bonds. The smallest absolute Gasteiger partial charge is 0.262 e. The fourth-order valence-corrected chi connectivity index (χ4v) is 2.15. The summed E-state index contributed by atoms with van der Waals surface area (Å²) < 4.78 is 5.67. The van der Waals surface area contributed by atoms with Crippen molar-refractivity contribution in [2.75, 3.05) is 0 Å². The molecule has 4 heteroatoms. The molecule has 0 aromatic carbocycles. The second-order valence-electron chi connectivity index (χ2n) is 5.48. The number of furan rings is 1. The number of nitrogens with one attached hydrogen (secondary N) is 1. The van der Waals surface area contributed by atoms with Gasteiger partial charge in [-0.15, -0.1) is 0 Å². The number of hydrogen-bond donors (Lipinski definition) is 1. The van der Waals surface area contributed by atoms with Gasteiger partial charge in [-0.2, -0.15) is 5.26 Å². The Morgan fingerprint density at radius 1 is 1.53 bits per heavy atom. The second kappa shape index (κ2) is 4.58. The Morgan fingerprint density at radius 3 is 2.84 bits per heavy atom. The van der Waals surface area contributed by atoms with E-state index in [1.165, 1.54) is 6.08 Å². The van der Waals surface area contributed by atoms with Crippen LogP contribution in [-0.4, -0.2) is 11.9 Å². The van der Waals surface area contributed by atoms with Crippen LogP contribution in [0.15, 0.2) is 22.1 Å². The first kappa shape index (κ1) is 12.0. The number of rotatable bonds is 4. The maximum Gasteiger partial charge on any atom is 0.262 e. The number of hydrogen-bond acceptors (Lipinski definition) is 3. The van der Waals surface area contributed by atoms with Gasteiger partial charge in [0.25, 0.3) is 5.91 Å². The maximum atomic E-state index is 11.8. The summed E-state index contributed by atoms with van der Waals surface area (Å²) in [5, 5.41) is 11.8. The molecular weight excluding hydrogens is 240 g/mol. The molecule has 2 saturated carbocycles. The highest BCUT2D eigenvalue weighted by atomic mass is 16.3. The summed E-state index contributed by atoms with van der Waals surface area (Å²) in [4.78, 5) is 11.8. The van der Waals surface area contributed by atoms with Gasteiger partial charge in [0.2, 0.25) is 0 Å². The highest BCUT2D eigenvalue weighted by Crippen LogP contribution is 2.47. The van der Waals surface area contributed by atoms with Crippen molar-refractivity contribution >= 4 is 12.0 Å². The molecule has 19 heavy (non-hydrogen) atoms. The summed E-state index contributed by atoms with van der Waals surface area (Å²) in [6, 6.07) is 5.95. The van der Waals surface area contributed by atoms with Crippen molar-refractivity contribution in [2.45, 2.75) is 38.1 Å². The number of carbonyl (C=O) groups is 1. The fourth-order valence-electron chi connectivity index (χ4n) is 2.15. The molecule has 0 aliphatic heterocycles. The minimum atomic E-state index is -0.303. The summed E-state index contributed by atoms with van der Waals surface area (Å²) >= 11 is 0. The Bertz CT molecular complexity index is 575. The van der Waals surface area contributed by atoms with Crippen LogP contribution in [0.25, 0.3) is 6.08 Å². The van der Waals surface area contributed by atoms with Crippen LogP contribution in [0.5, 0.6) is 0 Å². The highest BCUT2D eigenvalue weighted by molar-refractivity contribution is 6.01. The van der Waals surface area contributed by atoms with E-state index in [4.69, 9.17) is 9.68 Å². The summed E-state index contributed by atoms with van der Waals surface area (Å²) in [5.74, 6) is 2.42. The minimum absolute atomic E-state index is 0.108. The highest BCUT2D eigenvalue weighted by Gasteiger charge is 2.36. The maximum absolute atomic E-state index is 11.8. The molecule has 4 nitrogen and oxygen atoms in total. The first-order valence-electron chi connectivity index (χ1n) is 6.70. The van der Waals surface area contributed by atoms with Crippen molar-refractivity contribution in [1.29, 1.82) is 5.26 Å². The third kappa shape index (κ3) is 2.70. The lowest BCUT2D eigenvalue weighted by atomic mass is 10.2. The normalized spacial score (nSPS) is 25.8. The summed E-state index contributed by atoms with van der Waals surface area (Å²) in [7, 11) is 0. The number of carbonyl (C=O) groups excluding carboxylic acids is 1. The van der Waals surface area contributed by atoms with Crippen LogP contribution in [0.2, 0.25) is 0 Å². The van der Waals surface area contributed by atoms with E-state index in [2.05, 4.69) is 12.2 Å². The van der Waals surface area contributed by atoms with Gasteiger partial charge in [0.15, 0.2) is 0 Å². The molecule has 0 spiro atoms. The van der Waals surface area contributed by atoms with Gasteiger partial charge in [-0.05, 0) is 37.3 Å². The van der Waals surface area contributed by atoms with Crippen molar-refractivity contribution in [3.63, 3.8) is 0 Å². The van der Waals surface area contributed by atoms with E-state index in [0.29, 0.717) is 17.6 Å². The van der Waals surface area contributed by atoms with Crippen molar-refractivity contribution < 1.29 is 9.21 Å². The molecule has 0 radical (unpaired) electrons. The Morgan fingerprint density at radius 2 is 2.26 bits per heavy atom. The van der Waals surface area contributed by atoms with Gasteiger partial charge >= 0.3 is 0 Å². The largest absolute Gasteiger partial charge is 0.461 e. The summed E-state index contributed by atoms with van der Waals surface area (Å²) in [5.41, 5.74) is 0.108. The van der Waals surface area contributed by atoms with Gasteiger partial charge in [0.1, 0.15) is 23.2 Å². The molecule has 0 bridgehead atoms. The lowest BCUT2D eigenvalue weighted by Gasteiger charge is -2.00. The average Bonchev–Trinajstić information content (AvgIpc) is 3.29. The zero-order chi connectivity index (χ0) is 13.4. The zero-order valence-electron chi connectivity index (χ0n) is 10.8. The molecule has 3 rings (SSSR count). The lowest BCUT2D eigenvalue weighted by molar-refractivity contribution is -0.117. The topological polar surface area (TPSA) is 66.0 Å². The first-order chi connectivity index (χ1) is 9.17. The molecular formula is C15H16N2O2. The van der Waals surface area contributed by atoms with E-state index in [0.717, 1.165) is 25.0 Å². The van der Waals surface area contributed by atoms with Crippen molar-refractivity contribution in [3.05, 3.63) is 29.2 Å².